The van der Waals surface area contributed by atoms with E-state index >= 15 is 0 Å². The first-order chi connectivity index (χ1) is 8.27. The molecule has 0 saturated heterocycles. The third-order valence-corrected chi connectivity index (χ3v) is 3.23. The molecule has 1 aliphatic heterocycles. The number of carbonyl (C=O) groups is 1. The van der Waals surface area contributed by atoms with Gasteiger partial charge in [0.25, 0.3) is 0 Å². The van der Waals surface area contributed by atoms with Crippen LogP contribution >= 0.6 is 0 Å². The van der Waals surface area contributed by atoms with Crippen LogP contribution in [0, 0.1) is 11.3 Å². The highest BCUT2D eigenvalue weighted by Crippen LogP contribution is 2.28. The lowest BCUT2D eigenvalue weighted by molar-refractivity contribution is 0.0984. The second kappa shape index (κ2) is 5.01. The van der Waals surface area contributed by atoms with E-state index in [0.29, 0.717) is 6.42 Å². The van der Waals surface area contributed by atoms with Gasteiger partial charge < -0.3 is 4.90 Å². The van der Waals surface area contributed by atoms with Crippen LogP contribution in [0.2, 0.25) is 0 Å². The maximum Gasteiger partial charge on any atom is 0.165 e. The largest absolute Gasteiger partial charge is 0.355 e. The standard InChI is InChI=1S/C14H16N2O/c1-2-11(10-15)16-9-5-8-14(17)12-6-3-4-7-13(12)16/h3-4,6-7,11H,2,5,8-9H2,1H3. The first kappa shape index (κ1) is 11.7. The molecule has 1 aliphatic rings. The van der Waals surface area contributed by atoms with Gasteiger partial charge in [-0.2, -0.15) is 5.26 Å². The molecule has 0 aliphatic carbocycles. The summed E-state index contributed by atoms with van der Waals surface area (Å²) < 4.78 is 0. The fraction of sp³-hybridized carbons (Fsp3) is 0.429. The van der Waals surface area contributed by atoms with E-state index in [4.69, 9.17) is 0 Å². The Labute approximate surface area is 102 Å². The number of hydrogen-bond donors (Lipinski definition) is 0. The highest BCUT2D eigenvalue weighted by atomic mass is 16.1. The number of fused-ring (bicyclic) bond motifs is 1. The van der Waals surface area contributed by atoms with E-state index in [9.17, 15) is 10.1 Å². The molecule has 1 heterocycles. The van der Waals surface area contributed by atoms with Gasteiger partial charge in [-0.25, -0.2) is 0 Å². The number of nitriles is 1. The minimum absolute atomic E-state index is 0.137. The van der Waals surface area contributed by atoms with Crippen molar-refractivity contribution in [3.8, 4) is 6.07 Å². The summed E-state index contributed by atoms with van der Waals surface area (Å²) in [5.41, 5.74) is 1.68. The quantitative estimate of drug-likeness (QED) is 0.781. The number of carbonyl (C=O) groups excluding carboxylic acids is 1. The molecular weight excluding hydrogens is 212 g/mol. The average molecular weight is 228 g/mol. The molecule has 0 amide bonds. The van der Waals surface area contributed by atoms with Crippen molar-refractivity contribution < 1.29 is 4.79 Å². The topological polar surface area (TPSA) is 44.1 Å². The predicted octanol–water partition coefficient (Wildman–Crippen LogP) is 2.77. The van der Waals surface area contributed by atoms with Crippen LogP contribution in [0.15, 0.2) is 24.3 Å². The maximum atomic E-state index is 11.9. The lowest BCUT2D eigenvalue weighted by Gasteiger charge is -2.28. The monoisotopic (exact) mass is 228 g/mol. The Bertz CT molecular complexity index is 462. The van der Waals surface area contributed by atoms with Crippen LogP contribution in [0.3, 0.4) is 0 Å². The molecule has 1 aromatic rings. The molecule has 0 fully saturated rings. The molecule has 0 bridgehead atoms. The zero-order valence-corrected chi connectivity index (χ0v) is 10.0. The molecule has 17 heavy (non-hydrogen) atoms. The second-order valence-corrected chi connectivity index (χ2v) is 4.29. The molecule has 2 rings (SSSR count). The number of Topliss-reactive ketones (excluding diaryl/α,β-unsaturated/α-hetero) is 1. The van der Waals surface area contributed by atoms with Gasteiger partial charge in [-0.15, -0.1) is 0 Å². The summed E-state index contributed by atoms with van der Waals surface area (Å²) in [7, 11) is 0. The fourth-order valence-corrected chi connectivity index (χ4v) is 2.33. The number of ketones is 1. The second-order valence-electron chi connectivity index (χ2n) is 4.29. The zero-order valence-electron chi connectivity index (χ0n) is 10.0. The van der Waals surface area contributed by atoms with Crippen molar-refractivity contribution in [2.24, 2.45) is 0 Å². The number of anilines is 1. The minimum atomic E-state index is -0.137. The number of nitrogens with zero attached hydrogens (tertiary/aromatic N) is 2. The molecule has 1 unspecified atom stereocenters. The van der Waals surface area contributed by atoms with Gasteiger partial charge in [0.1, 0.15) is 6.04 Å². The van der Waals surface area contributed by atoms with Gasteiger partial charge in [0.05, 0.1) is 6.07 Å². The molecule has 0 aromatic heterocycles. The Balaban J connectivity index is 2.45. The zero-order chi connectivity index (χ0) is 12.3. The third kappa shape index (κ3) is 2.16. The molecule has 0 saturated carbocycles. The summed E-state index contributed by atoms with van der Waals surface area (Å²) in [6, 6.07) is 9.79. The van der Waals surface area contributed by atoms with Gasteiger partial charge in [-0.1, -0.05) is 19.1 Å². The van der Waals surface area contributed by atoms with E-state index in [1.807, 2.05) is 31.2 Å². The maximum absolute atomic E-state index is 11.9. The van der Waals surface area contributed by atoms with Gasteiger partial charge in [-0.05, 0) is 25.0 Å². The first-order valence-electron chi connectivity index (χ1n) is 6.06. The van der Waals surface area contributed by atoms with E-state index in [0.717, 1.165) is 30.6 Å². The molecule has 1 aromatic carbocycles. The Hall–Kier alpha value is -1.82. The van der Waals surface area contributed by atoms with Crippen LogP contribution in [0.4, 0.5) is 5.69 Å². The van der Waals surface area contributed by atoms with Crippen LogP contribution in [0.25, 0.3) is 0 Å². The highest BCUT2D eigenvalue weighted by Gasteiger charge is 2.24. The molecule has 3 heteroatoms. The summed E-state index contributed by atoms with van der Waals surface area (Å²) in [5, 5.41) is 9.18. The SMILES string of the molecule is CCC(C#N)N1CCCC(=O)c2ccccc21. The molecule has 88 valence electrons. The van der Waals surface area contributed by atoms with E-state index < -0.39 is 0 Å². The molecule has 1 atom stereocenters. The van der Waals surface area contributed by atoms with Crippen molar-refractivity contribution in [2.45, 2.75) is 32.2 Å². The van der Waals surface area contributed by atoms with Gasteiger partial charge in [0.15, 0.2) is 5.78 Å². The van der Waals surface area contributed by atoms with Crippen LogP contribution < -0.4 is 4.90 Å². The number of para-hydroxylation sites is 1. The number of hydrogen-bond acceptors (Lipinski definition) is 3. The Kier molecular flexibility index (Phi) is 3.43. The van der Waals surface area contributed by atoms with Crippen molar-refractivity contribution in [3.63, 3.8) is 0 Å². The Morgan fingerprint density at radius 3 is 2.94 bits per heavy atom. The Morgan fingerprint density at radius 1 is 1.47 bits per heavy atom. The molecular formula is C14H16N2O. The van der Waals surface area contributed by atoms with Crippen LogP contribution in [-0.4, -0.2) is 18.4 Å². The van der Waals surface area contributed by atoms with E-state index in [1.165, 1.54) is 0 Å². The van der Waals surface area contributed by atoms with Crippen LogP contribution in [-0.2, 0) is 0 Å². The van der Waals surface area contributed by atoms with Gasteiger partial charge in [0, 0.05) is 24.2 Å². The van der Waals surface area contributed by atoms with Crippen molar-refractivity contribution in [3.05, 3.63) is 29.8 Å². The van der Waals surface area contributed by atoms with Crippen molar-refractivity contribution in [1.29, 1.82) is 5.26 Å². The highest BCUT2D eigenvalue weighted by molar-refractivity contribution is 6.02. The lowest BCUT2D eigenvalue weighted by atomic mass is 10.1. The minimum Gasteiger partial charge on any atom is -0.355 e. The third-order valence-electron chi connectivity index (χ3n) is 3.23. The summed E-state index contributed by atoms with van der Waals surface area (Å²) >= 11 is 0. The van der Waals surface area contributed by atoms with Crippen molar-refractivity contribution in [2.75, 3.05) is 11.4 Å². The average Bonchev–Trinajstić information content (AvgIpc) is 2.53. The lowest BCUT2D eigenvalue weighted by Crippen LogP contribution is -2.34. The predicted molar refractivity (Wildman–Crippen MR) is 67.0 cm³/mol. The number of rotatable bonds is 2. The van der Waals surface area contributed by atoms with Crippen molar-refractivity contribution in [1.82, 2.24) is 0 Å². The summed E-state index contributed by atoms with van der Waals surface area (Å²) in [6.45, 7) is 2.79. The Morgan fingerprint density at radius 2 is 2.24 bits per heavy atom. The fourth-order valence-electron chi connectivity index (χ4n) is 2.33. The smallest absolute Gasteiger partial charge is 0.165 e. The van der Waals surface area contributed by atoms with E-state index in [1.54, 1.807) is 0 Å². The van der Waals surface area contributed by atoms with Gasteiger partial charge in [-0.3, -0.25) is 4.79 Å². The number of benzene rings is 1. The molecule has 0 N–H and O–H groups in total. The first-order valence-corrected chi connectivity index (χ1v) is 6.06. The summed E-state index contributed by atoms with van der Waals surface area (Å²) in [4.78, 5) is 14.0. The van der Waals surface area contributed by atoms with E-state index in [2.05, 4.69) is 11.0 Å². The summed E-state index contributed by atoms with van der Waals surface area (Å²) in [5.74, 6) is 0.191. The van der Waals surface area contributed by atoms with Gasteiger partial charge in [0.2, 0.25) is 0 Å². The van der Waals surface area contributed by atoms with Crippen LogP contribution in [0.1, 0.15) is 36.5 Å². The van der Waals surface area contributed by atoms with Crippen molar-refractivity contribution >= 4 is 11.5 Å². The van der Waals surface area contributed by atoms with E-state index in [-0.39, 0.29) is 11.8 Å². The normalized spacial score (nSPS) is 16.9. The van der Waals surface area contributed by atoms with Gasteiger partial charge >= 0.3 is 0 Å². The van der Waals surface area contributed by atoms with Crippen LogP contribution in [0.5, 0.6) is 0 Å². The molecule has 3 nitrogen and oxygen atoms in total. The molecule has 0 radical (unpaired) electrons. The molecule has 0 spiro atoms. The summed E-state index contributed by atoms with van der Waals surface area (Å²) in [6.07, 6.45) is 2.18.